The number of amides is 1. The van der Waals surface area contributed by atoms with Gasteiger partial charge in [-0.25, -0.2) is 4.98 Å². The summed E-state index contributed by atoms with van der Waals surface area (Å²) in [5.41, 5.74) is 5.34. The predicted molar refractivity (Wildman–Crippen MR) is 99.0 cm³/mol. The number of carbonyl (C=O) groups excluding carboxylic acids is 1. The van der Waals surface area contributed by atoms with Crippen molar-refractivity contribution >= 4 is 23.2 Å². The highest BCUT2D eigenvalue weighted by molar-refractivity contribution is 7.11. The summed E-state index contributed by atoms with van der Waals surface area (Å²) < 4.78 is 0. The molecule has 1 fully saturated rings. The summed E-state index contributed by atoms with van der Waals surface area (Å²) in [4.78, 5) is 23.5. The van der Waals surface area contributed by atoms with E-state index < -0.39 is 0 Å². The standard InChI is InChI=1S/C17H29N5OS/c1-12(2)7-16-20-9-14(24-16)10-21-17(19-3)22-6-4-5-13(11-22)8-15(18)23/h9,12-13H,4-8,10-11H2,1-3H3,(H2,18,23)(H,19,21). The summed E-state index contributed by atoms with van der Waals surface area (Å²) in [6.45, 7) is 6.96. The second kappa shape index (κ2) is 9.01. The largest absolute Gasteiger partial charge is 0.370 e. The first kappa shape index (κ1) is 18.7. The molecule has 1 saturated heterocycles. The van der Waals surface area contributed by atoms with Crippen LogP contribution < -0.4 is 11.1 Å². The molecule has 0 radical (unpaired) electrons. The van der Waals surface area contributed by atoms with Gasteiger partial charge in [-0.15, -0.1) is 11.3 Å². The molecule has 1 atom stereocenters. The Labute approximate surface area is 148 Å². The fraction of sp³-hybridized carbons (Fsp3) is 0.706. The van der Waals surface area contributed by atoms with E-state index in [2.05, 4.69) is 34.0 Å². The van der Waals surface area contributed by atoms with Crippen LogP contribution in [-0.4, -0.2) is 41.9 Å². The summed E-state index contributed by atoms with van der Waals surface area (Å²) in [6.07, 6.45) is 5.57. The Kier molecular flexibility index (Phi) is 7.02. The highest BCUT2D eigenvalue weighted by atomic mass is 32.1. The molecule has 1 aliphatic rings. The minimum atomic E-state index is -0.216. The number of guanidine groups is 1. The van der Waals surface area contributed by atoms with Crippen LogP contribution in [-0.2, 0) is 17.8 Å². The van der Waals surface area contributed by atoms with Crippen LogP contribution in [0.3, 0.4) is 0 Å². The molecule has 0 spiro atoms. The van der Waals surface area contributed by atoms with Gasteiger partial charge in [0.1, 0.15) is 0 Å². The summed E-state index contributed by atoms with van der Waals surface area (Å²) in [7, 11) is 1.80. The number of aliphatic imine (C=N–C) groups is 1. The molecule has 0 aromatic carbocycles. The zero-order valence-electron chi connectivity index (χ0n) is 14.9. The summed E-state index contributed by atoms with van der Waals surface area (Å²) in [5, 5.41) is 4.62. The predicted octanol–water partition coefficient (Wildman–Crippen LogP) is 2.00. The minimum absolute atomic E-state index is 0.216. The van der Waals surface area contributed by atoms with E-state index in [1.807, 2.05) is 6.20 Å². The molecule has 1 aromatic heterocycles. The van der Waals surface area contributed by atoms with Crippen molar-refractivity contribution in [1.29, 1.82) is 0 Å². The fourth-order valence-corrected chi connectivity index (χ4v) is 4.15. The Balaban J connectivity index is 1.87. The lowest BCUT2D eigenvalue weighted by molar-refractivity contribution is -0.119. The maximum Gasteiger partial charge on any atom is 0.217 e. The highest BCUT2D eigenvalue weighted by Gasteiger charge is 2.23. The first-order valence-electron chi connectivity index (χ1n) is 8.65. The zero-order valence-corrected chi connectivity index (χ0v) is 15.7. The van der Waals surface area contributed by atoms with Gasteiger partial charge in [-0.3, -0.25) is 9.79 Å². The average molecular weight is 352 g/mol. The number of nitrogens with zero attached hydrogens (tertiary/aromatic N) is 3. The van der Waals surface area contributed by atoms with Gasteiger partial charge in [-0.1, -0.05) is 13.8 Å². The smallest absolute Gasteiger partial charge is 0.217 e. The summed E-state index contributed by atoms with van der Waals surface area (Å²) in [6, 6.07) is 0. The minimum Gasteiger partial charge on any atom is -0.370 e. The van der Waals surface area contributed by atoms with Crippen molar-refractivity contribution in [2.75, 3.05) is 20.1 Å². The van der Waals surface area contributed by atoms with Crippen LogP contribution >= 0.6 is 11.3 Å². The summed E-state index contributed by atoms with van der Waals surface area (Å²) >= 11 is 1.76. The van der Waals surface area contributed by atoms with Gasteiger partial charge in [-0.2, -0.15) is 0 Å². The second-order valence-electron chi connectivity index (χ2n) is 6.84. The molecule has 6 nitrogen and oxygen atoms in total. The number of thiazole rings is 1. The van der Waals surface area contributed by atoms with Gasteiger partial charge < -0.3 is 16.0 Å². The topological polar surface area (TPSA) is 83.6 Å². The first-order chi connectivity index (χ1) is 11.5. The van der Waals surface area contributed by atoms with E-state index in [9.17, 15) is 4.79 Å². The second-order valence-corrected chi connectivity index (χ2v) is 8.04. The first-order valence-corrected chi connectivity index (χ1v) is 9.47. The Morgan fingerprint density at radius 2 is 2.38 bits per heavy atom. The zero-order chi connectivity index (χ0) is 17.5. The van der Waals surface area contributed by atoms with Crippen LogP contribution in [0, 0.1) is 11.8 Å². The highest BCUT2D eigenvalue weighted by Crippen LogP contribution is 2.20. The molecule has 134 valence electrons. The third-order valence-corrected chi connectivity index (χ3v) is 5.14. The maximum atomic E-state index is 11.2. The lowest BCUT2D eigenvalue weighted by atomic mass is 9.95. The van der Waals surface area contributed by atoms with E-state index in [4.69, 9.17) is 5.73 Å². The van der Waals surface area contributed by atoms with Gasteiger partial charge in [0.2, 0.25) is 5.91 Å². The number of nitrogens with one attached hydrogen (secondary N) is 1. The van der Waals surface area contributed by atoms with Crippen LogP contribution in [0.25, 0.3) is 0 Å². The maximum absolute atomic E-state index is 11.2. The Bertz CT molecular complexity index is 569. The number of likely N-dealkylation sites (tertiary alicyclic amines) is 1. The van der Waals surface area contributed by atoms with Gasteiger partial charge in [0.05, 0.1) is 11.6 Å². The number of piperidine rings is 1. The van der Waals surface area contributed by atoms with Gasteiger partial charge in [0.15, 0.2) is 5.96 Å². The number of hydrogen-bond acceptors (Lipinski definition) is 4. The molecule has 24 heavy (non-hydrogen) atoms. The fourth-order valence-electron chi connectivity index (χ4n) is 3.08. The van der Waals surface area contributed by atoms with Crippen molar-refractivity contribution in [3.05, 3.63) is 16.1 Å². The third kappa shape index (κ3) is 5.78. The molecule has 1 aliphatic heterocycles. The van der Waals surface area contributed by atoms with E-state index >= 15 is 0 Å². The van der Waals surface area contributed by atoms with Crippen molar-refractivity contribution in [3.63, 3.8) is 0 Å². The molecule has 1 unspecified atom stereocenters. The van der Waals surface area contributed by atoms with Crippen molar-refractivity contribution in [1.82, 2.24) is 15.2 Å². The van der Waals surface area contributed by atoms with Crippen LogP contribution in [0.4, 0.5) is 0 Å². The van der Waals surface area contributed by atoms with E-state index in [1.54, 1.807) is 18.4 Å². The lowest BCUT2D eigenvalue weighted by Crippen LogP contribution is -2.46. The van der Waals surface area contributed by atoms with Crippen molar-refractivity contribution in [3.8, 4) is 0 Å². The van der Waals surface area contributed by atoms with E-state index in [-0.39, 0.29) is 5.91 Å². The lowest BCUT2D eigenvalue weighted by Gasteiger charge is -2.34. The quantitative estimate of drug-likeness (QED) is 0.606. The molecule has 1 aromatic rings. The number of carbonyl (C=O) groups is 1. The molecular weight excluding hydrogens is 322 g/mol. The monoisotopic (exact) mass is 351 g/mol. The SMILES string of the molecule is CN=C(NCc1cnc(CC(C)C)s1)N1CCCC(CC(N)=O)C1. The number of aromatic nitrogens is 1. The van der Waals surface area contributed by atoms with Gasteiger partial charge in [-0.05, 0) is 24.7 Å². The molecule has 2 heterocycles. The van der Waals surface area contributed by atoms with Crippen LogP contribution in [0.1, 0.15) is 43.0 Å². The molecule has 0 aliphatic carbocycles. The molecule has 1 amide bonds. The van der Waals surface area contributed by atoms with Gasteiger partial charge >= 0.3 is 0 Å². The van der Waals surface area contributed by atoms with E-state index in [0.717, 1.165) is 44.9 Å². The normalized spacial score (nSPS) is 18.9. The number of hydrogen-bond donors (Lipinski definition) is 2. The number of primary amides is 1. The van der Waals surface area contributed by atoms with Crippen LogP contribution in [0.2, 0.25) is 0 Å². The molecule has 7 heteroatoms. The molecular formula is C17H29N5OS. The Hall–Kier alpha value is -1.63. The van der Waals surface area contributed by atoms with E-state index in [1.165, 1.54) is 9.88 Å². The average Bonchev–Trinajstić information content (AvgIpc) is 2.94. The van der Waals surface area contributed by atoms with Gasteiger partial charge in [0.25, 0.3) is 0 Å². The third-order valence-electron chi connectivity index (χ3n) is 4.13. The molecule has 2 rings (SSSR count). The van der Waals surface area contributed by atoms with Crippen LogP contribution in [0.5, 0.6) is 0 Å². The molecule has 0 saturated carbocycles. The number of rotatable bonds is 6. The Morgan fingerprint density at radius 3 is 3.04 bits per heavy atom. The van der Waals surface area contributed by atoms with Crippen molar-refractivity contribution in [2.45, 2.75) is 46.1 Å². The van der Waals surface area contributed by atoms with Gasteiger partial charge in [0, 0.05) is 44.1 Å². The van der Waals surface area contributed by atoms with E-state index in [0.29, 0.717) is 18.3 Å². The van der Waals surface area contributed by atoms with Crippen LogP contribution in [0.15, 0.2) is 11.2 Å². The number of nitrogens with two attached hydrogens (primary N) is 1. The Morgan fingerprint density at radius 1 is 1.58 bits per heavy atom. The van der Waals surface area contributed by atoms with Crippen molar-refractivity contribution < 1.29 is 4.79 Å². The molecule has 0 bridgehead atoms. The molecule has 3 N–H and O–H groups in total. The van der Waals surface area contributed by atoms with Crippen molar-refractivity contribution in [2.24, 2.45) is 22.6 Å². The summed E-state index contributed by atoms with van der Waals surface area (Å²) in [5.74, 6) is 1.63.